The van der Waals surface area contributed by atoms with Crippen molar-refractivity contribution >= 4 is 11.9 Å². The van der Waals surface area contributed by atoms with Crippen LogP contribution in [-0.4, -0.2) is 23.1 Å². The number of hydrogen-bond acceptors (Lipinski definition) is 3. The summed E-state index contributed by atoms with van der Waals surface area (Å²) < 4.78 is 5.84. The summed E-state index contributed by atoms with van der Waals surface area (Å²) >= 11 is 0. The molecule has 0 radical (unpaired) electrons. The van der Waals surface area contributed by atoms with Crippen LogP contribution in [0.25, 0.3) is 0 Å². The molecule has 240 valence electrons. The van der Waals surface area contributed by atoms with Crippen molar-refractivity contribution in [1.29, 1.82) is 0 Å². The Hall–Kier alpha value is -2.36. The largest absolute Gasteiger partial charge is 0.481 e. The second-order valence-corrected chi connectivity index (χ2v) is 11.3. The van der Waals surface area contributed by atoms with Gasteiger partial charge in [0.15, 0.2) is 0 Å². The van der Waals surface area contributed by atoms with E-state index in [2.05, 4.69) is 74.6 Å². The molecule has 4 nitrogen and oxygen atoms in total. The lowest BCUT2D eigenvalue weighted by Crippen LogP contribution is -2.18. The Bertz CT molecular complexity index is 759. The number of carboxylic acids is 1. The third-order valence-corrected chi connectivity index (χ3v) is 7.25. The first-order valence-electron chi connectivity index (χ1n) is 17.3. The van der Waals surface area contributed by atoms with Gasteiger partial charge in [-0.15, -0.1) is 0 Å². The molecule has 0 fully saturated rings. The Morgan fingerprint density at radius 3 is 1.55 bits per heavy atom. The van der Waals surface area contributed by atoms with E-state index in [9.17, 15) is 9.59 Å². The molecule has 0 saturated heterocycles. The molecule has 0 aromatic carbocycles. The van der Waals surface area contributed by atoms with Crippen LogP contribution in [0.1, 0.15) is 162 Å². The number of ether oxygens (including phenoxy) is 1. The standard InChI is InChI=1S/C38H64O4/c1-3-5-7-8-9-10-11-12-13-14-15-16-17-18-19-20-21-22-23-28-31-35-38(41)42-36(32-6-4-2)33-29-26-24-25-27-30-34-37(39)40/h5,7,9-10,12-13,15-16,18-19,36H,3-4,6,8,11,14,17,20-35H2,1-2H3,(H,39,40)/b7-5-,10-9-,13-12-,16-15-,19-18-. The number of carboxylic acid groups (broad SMARTS) is 1. The number of allylic oxidation sites excluding steroid dienone is 10. The number of carbonyl (C=O) groups excluding carboxylic acids is 1. The maximum Gasteiger partial charge on any atom is 0.306 e. The van der Waals surface area contributed by atoms with Crippen molar-refractivity contribution in [2.45, 2.75) is 168 Å². The molecule has 0 bridgehead atoms. The summed E-state index contributed by atoms with van der Waals surface area (Å²) in [6.45, 7) is 4.34. The van der Waals surface area contributed by atoms with Crippen LogP contribution in [-0.2, 0) is 14.3 Å². The fraction of sp³-hybridized carbons (Fsp3) is 0.684. The first kappa shape index (κ1) is 39.6. The second-order valence-electron chi connectivity index (χ2n) is 11.3. The summed E-state index contributed by atoms with van der Waals surface area (Å²) in [4.78, 5) is 23.0. The predicted octanol–water partition coefficient (Wildman–Crippen LogP) is 11.8. The van der Waals surface area contributed by atoms with E-state index in [4.69, 9.17) is 9.84 Å². The van der Waals surface area contributed by atoms with Gasteiger partial charge in [-0.2, -0.15) is 0 Å². The molecule has 0 aliphatic rings. The van der Waals surface area contributed by atoms with E-state index in [0.717, 1.165) is 116 Å². The monoisotopic (exact) mass is 584 g/mol. The van der Waals surface area contributed by atoms with E-state index in [1.807, 2.05) is 0 Å². The van der Waals surface area contributed by atoms with E-state index in [-0.39, 0.29) is 18.5 Å². The van der Waals surface area contributed by atoms with Gasteiger partial charge in [0.25, 0.3) is 0 Å². The quantitative estimate of drug-likeness (QED) is 0.0518. The number of hydrogen-bond donors (Lipinski definition) is 1. The van der Waals surface area contributed by atoms with Gasteiger partial charge in [-0.05, 0) is 77.0 Å². The Morgan fingerprint density at radius 1 is 0.548 bits per heavy atom. The molecule has 1 atom stereocenters. The smallest absolute Gasteiger partial charge is 0.306 e. The summed E-state index contributed by atoms with van der Waals surface area (Å²) in [5.74, 6) is -0.726. The minimum atomic E-state index is -0.701. The Labute approximate surface area is 259 Å². The minimum Gasteiger partial charge on any atom is -0.481 e. The number of unbranched alkanes of at least 4 members (excludes halogenated alkanes) is 11. The molecule has 0 heterocycles. The molecule has 0 aliphatic carbocycles. The fourth-order valence-electron chi connectivity index (χ4n) is 4.72. The topological polar surface area (TPSA) is 63.6 Å². The maximum atomic E-state index is 12.4. The van der Waals surface area contributed by atoms with E-state index in [1.165, 1.54) is 19.3 Å². The number of esters is 1. The zero-order chi connectivity index (χ0) is 30.8. The molecular formula is C38H64O4. The van der Waals surface area contributed by atoms with Gasteiger partial charge < -0.3 is 9.84 Å². The van der Waals surface area contributed by atoms with Crippen molar-refractivity contribution in [2.24, 2.45) is 0 Å². The maximum absolute atomic E-state index is 12.4. The highest BCUT2D eigenvalue weighted by Gasteiger charge is 2.13. The lowest BCUT2D eigenvalue weighted by atomic mass is 10.0. The fourth-order valence-corrected chi connectivity index (χ4v) is 4.72. The van der Waals surface area contributed by atoms with Gasteiger partial charge in [0.05, 0.1) is 0 Å². The van der Waals surface area contributed by atoms with Crippen LogP contribution in [0.4, 0.5) is 0 Å². The van der Waals surface area contributed by atoms with Gasteiger partial charge in [0.1, 0.15) is 6.10 Å². The third-order valence-electron chi connectivity index (χ3n) is 7.25. The molecule has 4 heteroatoms. The van der Waals surface area contributed by atoms with Gasteiger partial charge in [-0.25, -0.2) is 0 Å². The third kappa shape index (κ3) is 32.2. The van der Waals surface area contributed by atoms with Crippen molar-refractivity contribution in [3.05, 3.63) is 60.8 Å². The molecule has 0 rings (SSSR count). The molecule has 1 unspecified atom stereocenters. The summed E-state index contributed by atoms with van der Waals surface area (Å²) in [7, 11) is 0. The summed E-state index contributed by atoms with van der Waals surface area (Å²) in [5, 5.41) is 8.70. The van der Waals surface area contributed by atoms with Gasteiger partial charge in [-0.1, -0.05) is 132 Å². The van der Waals surface area contributed by atoms with Crippen molar-refractivity contribution in [3.63, 3.8) is 0 Å². The molecule has 0 aromatic rings. The molecule has 1 N–H and O–H groups in total. The van der Waals surface area contributed by atoms with Gasteiger partial charge >= 0.3 is 11.9 Å². The molecule has 0 amide bonds. The van der Waals surface area contributed by atoms with Gasteiger partial charge in [0.2, 0.25) is 0 Å². The van der Waals surface area contributed by atoms with E-state index >= 15 is 0 Å². The highest BCUT2D eigenvalue weighted by Crippen LogP contribution is 2.17. The number of rotatable bonds is 30. The Morgan fingerprint density at radius 2 is 1.00 bits per heavy atom. The average molecular weight is 585 g/mol. The van der Waals surface area contributed by atoms with Crippen LogP contribution in [0, 0.1) is 0 Å². The highest BCUT2D eigenvalue weighted by molar-refractivity contribution is 5.69. The van der Waals surface area contributed by atoms with Crippen LogP contribution < -0.4 is 0 Å². The van der Waals surface area contributed by atoms with Crippen molar-refractivity contribution < 1.29 is 19.4 Å². The molecule has 0 aromatic heterocycles. The van der Waals surface area contributed by atoms with Gasteiger partial charge in [-0.3, -0.25) is 9.59 Å². The van der Waals surface area contributed by atoms with Crippen molar-refractivity contribution in [3.8, 4) is 0 Å². The summed E-state index contributed by atoms with van der Waals surface area (Å²) in [5.41, 5.74) is 0. The molecular weight excluding hydrogens is 520 g/mol. The number of carbonyl (C=O) groups is 2. The zero-order valence-electron chi connectivity index (χ0n) is 27.3. The molecule has 0 saturated carbocycles. The van der Waals surface area contributed by atoms with Crippen LogP contribution >= 0.6 is 0 Å². The SMILES string of the molecule is CC/C=C\C/C=C\C/C=C\C/C=C\C/C=C\CCCCCCCC(=O)OC(CCCC)CCCCCCCCC(=O)O. The van der Waals surface area contributed by atoms with Crippen molar-refractivity contribution in [1.82, 2.24) is 0 Å². The van der Waals surface area contributed by atoms with Crippen molar-refractivity contribution in [2.75, 3.05) is 0 Å². The molecule has 0 spiro atoms. The number of aliphatic carboxylic acids is 1. The Kier molecular flexibility index (Phi) is 31.3. The molecule has 0 aliphatic heterocycles. The Balaban J connectivity index is 3.73. The molecule has 42 heavy (non-hydrogen) atoms. The van der Waals surface area contributed by atoms with E-state index in [1.54, 1.807) is 0 Å². The van der Waals surface area contributed by atoms with Crippen LogP contribution in [0.15, 0.2) is 60.8 Å². The first-order chi connectivity index (χ1) is 20.6. The van der Waals surface area contributed by atoms with Crippen LogP contribution in [0.3, 0.4) is 0 Å². The zero-order valence-corrected chi connectivity index (χ0v) is 27.3. The normalized spacial score (nSPS) is 13.0. The predicted molar refractivity (Wildman–Crippen MR) is 181 cm³/mol. The minimum absolute atomic E-state index is 0.0245. The van der Waals surface area contributed by atoms with E-state index in [0.29, 0.717) is 6.42 Å². The second kappa shape index (κ2) is 33.1. The van der Waals surface area contributed by atoms with Gasteiger partial charge in [0, 0.05) is 12.8 Å². The summed E-state index contributed by atoms with van der Waals surface area (Å²) in [6, 6.07) is 0. The van der Waals surface area contributed by atoms with E-state index < -0.39 is 5.97 Å². The highest BCUT2D eigenvalue weighted by atomic mass is 16.5. The van der Waals surface area contributed by atoms with Crippen LogP contribution in [0.2, 0.25) is 0 Å². The summed E-state index contributed by atoms with van der Waals surface area (Å²) in [6.07, 6.45) is 45.6. The average Bonchev–Trinajstić information content (AvgIpc) is 2.97. The lowest BCUT2D eigenvalue weighted by molar-refractivity contribution is -0.150. The first-order valence-corrected chi connectivity index (χ1v) is 17.3. The lowest BCUT2D eigenvalue weighted by Gasteiger charge is -2.18. The van der Waals surface area contributed by atoms with Crippen LogP contribution in [0.5, 0.6) is 0 Å².